The zero-order valence-electron chi connectivity index (χ0n) is 7.90. The molecule has 15 heavy (non-hydrogen) atoms. The molecular formula is C9H10F4N2. The van der Waals surface area contributed by atoms with Crippen molar-refractivity contribution in [1.29, 1.82) is 0 Å². The first kappa shape index (κ1) is 11.9. The van der Waals surface area contributed by atoms with Crippen LogP contribution < -0.4 is 11.3 Å². The molecule has 2 nitrogen and oxygen atoms in total. The molecule has 0 saturated heterocycles. The van der Waals surface area contributed by atoms with E-state index in [1.165, 1.54) is 13.0 Å². The maximum atomic E-state index is 13.4. The summed E-state index contributed by atoms with van der Waals surface area (Å²) < 4.78 is 50.3. The summed E-state index contributed by atoms with van der Waals surface area (Å²) in [6.07, 6.45) is -4.69. The first-order valence-corrected chi connectivity index (χ1v) is 4.19. The molecule has 0 bridgehead atoms. The van der Waals surface area contributed by atoms with Crippen molar-refractivity contribution in [3.05, 3.63) is 35.1 Å². The first-order chi connectivity index (χ1) is 6.88. The van der Waals surface area contributed by atoms with Crippen molar-refractivity contribution in [2.24, 2.45) is 5.84 Å². The molecule has 0 heterocycles. The third-order valence-corrected chi connectivity index (χ3v) is 2.05. The van der Waals surface area contributed by atoms with Gasteiger partial charge >= 0.3 is 6.18 Å². The fourth-order valence-corrected chi connectivity index (χ4v) is 1.19. The molecule has 84 valence electrons. The number of hydrazine groups is 1. The van der Waals surface area contributed by atoms with E-state index < -0.39 is 23.6 Å². The number of hydrogen-bond donors (Lipinski definition) is 2. The van der Waals surface area contributed by atoms with Gasteiger partial charge in [-0.2, -0.15) is 13.2 Å². The van der Waals surface area contributed by atoms with Gasteiger partial charge in [0.15, 0.2) is 0 Å². The van der Waals surface area contributed by atoms with Crippen molar-refractivity contribution >= 4 is 0 Å². The van der Waals surface area contributed by atoms with E-state index in [9.17, 15) is 17.6 Å². The fraction of sp³-hybridized carbons (Fsp3) is 0.333. The van der Waals surface area contributed by atoms with Crippen LogP contribution in [0.2, 0.25) is 0 Å². The van der Waals surface area contributed by atoms with Crippen LogP contribution in [-0.2, 0) is 6.18 Å². The summed E-state index contributed by atoms with van der Waals surface area (Å²) in [5, 5.41) is 0. The summed E-state index contributed by atoms with van der Waals surface area (Å²) in [5.41, 5.74) is 0.813. The van der Waals surface area contributed by atoms with Gasteiger partial charge in [0, 0.05) is 11.6 Å². The third-order valence-electron chi connectivity index (χ3n) is 2.05. The Balaban J connectivity index is 3.23. The smallest absolute Gasteiger partial charge is 0.271 e. The quantitative estimate of drug-likeness (QED) is 0.458. The SMILES string of the molecule is CC(NN)c1cccc(C(F)(F)F)c1F. The lowest BCUT2D eigenvalue weighted by molar-refractivity contribution is -0.140. The summed E-state index contributed by atoms with van der Waals surface area (Å²) >= 11 is 0. The molecule has 0 aliphatic heterocycles. The minimum atomic E-state index is -4.69. The van der Waals surface area contributed by atoms with Crippen molar-refractivity contribution in [3.8, 4) is 0 Å². The maximum absolute atomic E-state index is 13.4. The second-order valence-electron chi connectivity index (χ2n) is 3.09. The largest absolute Gasteiger partial charge is 0.419 e. The van der Waals surface area contributed by atoms with Gasteiger partial charge in [-0.3, -0.25) is 11.3 Å². The molecule has 0 aliphatic rings. The van der Waals surface area contributed by atoms with Gasteiger partial charge in [0.2, 0.25) is 0 Å². The van der Waals surface area contributed by atoms with E-state index in [1.54, 1.807) is 0 Å². The second kappa shape index (κ2) is 4.16. The molecule has 0 radical (unpaired) electrons. The Morgan fingerprint density at radius 3 is 2.40 bits per heavy atom. The molecular weight excluding hydrogens is 212 g/mol. The lowest BCUT2D eigenvalue weighted by Crippen LogP contribution is -2.27. The van der Waals surface area contributed by atoms with Gasteiger partial charge < -0.3 is 0 Å². The average Bonchev–Trinajstić information content (AvgIpc) is 2.15. The number of rotatable bonds is 2. The standard InChI is InChI=1S/C9H10F4N2/c1-5(15-14)6-3-2-4-7(8(6)10)9(11,12)13/h2-5,15H,14H2,1H3. The molecule has 0 saturated carbocycles. The molecule has 1 rings (SSSR count). The fourth-order valence-electron chi connectivity index (χ4n) is 1.19. The van der Waals surface area contributed by atoms with Crippen molar-refractivity contribution in [2.75, 3.05) is 0 Å². The summed E-state index contributed by atoms with van der Waals surface area (Å²) in [6.45, 7) is 1.47. The van der Waals surface area contributed by atoms with E-state index in [1.807, 2.05) is 0 Å². The molecule has 1 aromatic carbocycles. The van der Waals surface area contributed by atoms with Crippen LogP contribution in [0.4, 0.5) is 17.6 Å². The molecule has 3 N–H and O–H groups in total. The van der Waals surface area contributed by atoms with Crippen molar-refractivity contribution in [2.45, 2.75) is 19.1 Å². The van der Waals surface area contributed by atoms with Gasteiger partial charge in [-0.15, -0.1) is 0 Å². The Bertz CT molecular complexity index is 348. The minimum Gasteiger partial charge on any atom is -0.271 e. The van der Waals surface area contributed by atoms with Gasteiger partial charge in [-0.05, 0) is 13.0 Å². The summed E-state index contributed by atoms with van der Waals surface area (Å²) in [4.78, 5) is 0. The molecule has 1 unspecified atom stereocenters. The van der Waals surface area contributed by atoms with Gasteiger partial charge in [0.05, 0.1) is 5.56 Å². The van der Waals surface area contributed by atoms with Crippen LogP contribution in [0.1, 0.15) is 24.1 Å². The molecule has 0 fully saturated rings. The van der Waals surface area contributed by atoms with Crippen LogP contribution in [0.25, 0.3) is 0 Å². The lowest BCUT2D eigenvalue weighted by atomic mass is 10.0. The number of nitrogens with two attached hydrogens (primary N) is 1. The molecule has 0 aromatic heterocycles. The summed E-state index contributed by atoms with van der Waals surface area (Å²) in [7, 11) is 0. The van der Waals surface area contributed by atoms with Gasteiger partial charge in [-0.25, -0.2) is 4.39 Å². The monoisotopic (exact) mass is 222 g/mol. The highest BCUT2D eigenvalue weighted by Gasteiger charge is 2.35. The molecule has 6 heteroatoms. The summed E-state index contributed by atoms with van der Waals surface area (Å²) in [6, 6.07) is 2.43. The van der Waals surface area contributed by atoms with Crippen molar-refractivity contribution in [3.63, 3.8) is 0 Å². The zero-order chi connectivity index (χ0) is 11.6. The Hall–Kier alpha value is -1.14. The number of hydrogen-bond acceptors (Lipinski definition) is 2. The van der Waals surface area contributed by atoms with E-state index in [0.29, 0.717) is 6.07 Å². The van der Waals surface area contributed by atoms with Crippen LogP contribution in [0.5, 0.6) is 0 Å². The Kier molecular flexibility index (Phi) is 3.31. The second-order valence-corrected chi connectivity index (χ2v) is 3.09. The Morgan fingerprint density at radius 2 is 1.93 bits per heavy atom. The highest BCUT2D eigenvalue weighted by Crippen LogP contribution is 2.33. The highest BCUT2D eigenvalue weighted by atomic mass is 19.4. The molecule has 0 spiro atoms. The van der Waals surface area contributed by atoms with Crippen LogP contribution in [0.15, 0.2) is 18.2 Å². The molecule has 0 amide bonds. The van der Waals surface area contributed by atoms with Gasteiger partial charge in [0.25, 0.3) is 0 Å². The predicted octanol–water partition coefficient (Wildman–Crippen LogP) is 2.37. The molecule has 1 aromatic rings. The van der Waals surface area contributed by atoms with Crippen molar-refractivity contribution < 1.29 is 17.6 Å². The first-order valence-electron chi connectivity index (χ1n) is 4.19. The van der Waals surface area contributed by atoms with E-state index in [0.717, 1.165) is 6.07 Å². The minimum absolute atomic E-state index is 0.104. The maximum Gasteiger partial charge on any atom is 0.419 e. The Labute approximate surface area is 84.0 Å². The number of alkyl halides is 3. The van der Waals surface area contributed by atoms with E-state index in [-0.39, 0.29) is 5.56 Å². The van der Waals surface area contributed by atoms with Gasteiger partial charge in [0.1, 0.15) is 5.82 Å². The number of benzene rings is 1. The summed E-state index contributed by atoms with van der Waals surface area (Å²) in [5.74, 6) is 3.75. The van der Waals surface area contributed by atoms with Crippen LogP contribution in [-0.4, -0.2) is 0 Å². The highest BCUT2D eigenvalue weighted by molar-refractivity contribution is 5.29. The normalized spacial score (nSPS) is 14.0. The predicted molar refractivity (Wildman–Crippen MR) is 47.1 cm³/mol. The average molecular weight is 222 g/mol. The molecule has 1 atom stereocenters. The van der Waals surface area contributed by atoms with Crippen LogP contribution in [0, 0.1) is 5.82 Å². The van der Waals surface area contributed by atoms with Crippen molar-refractivity contribution in [1.82, 2.24) is 5.43 Å². The van der Waals surface area contributed by atoms with E-state index >= 15 is 0 Å². The third kappa shape index (κ3) is 2.45. The molecule has 0 aliphatic carbocycles. The number of nitrogens with one attached hydrogen (secondary N) is 1. The van der Waals surface area contributed by atoms with Crippen LogP contribution >= 0.6 is 0 Å². The van der Waals surface area contributed by atoms with Gasteiger partial charge in [-0.1, -0.05) is 12.1 Å². The Morgan fingerprint density at radius 1 is 1.33 bits per heavy atom. The van der Waals surface area contributed by atoms with E-state index in [4.69, 9.17) is 5.84 Å². The zero-order valence-corrected chi connectivity index (χ0v) is 7.90. The van der Waals surface area contributed by atoms with E-state index in [2.05, 4.69) is 5.43 Å². The van der Waals surface area contributed by atoms with Crippen LogP contribution in [0.3, 0.4) is 0 Å². The lowest BCUT2D eigenvalue weighted by Gasteiger charge is -2.15. The topological polar surface area (TPSA) is 38.0 Å². The number of halogens is 4.